The van der Waals surface area contributed by atoms with Crippen LogP contribution in [0.3, 0.4) is 0 Å². The molecular formula is C10H6BrF5O3. The van der Waals surface area contributed by atoms with Crippen LogP contribution >= 0.6 is 15.9 Å². The van der Waals surface area contributed by atoms with Gasteiger partial charge in [-0.25, -0.2) is 13.6 Å². The van der Waals surface area contributed by atoms with E-state index in [1.807, 2.05) is 0 Å². The van der Waals surface area contributed by atoms with E-state index in [1.54, 1.807) is 15.9 Å². The van der Waals surface area contributed by atoms with Crippen molar-refractivity contribution in [3.05, 3.63) is 29.1 Å². The molecule has 0 saturated heterocycles. The molecule has 0 aliphatic carbocycles. The molecule has 9 heteroatoms. The molecule has 1 aromatic carbocycles. The number of hydrogen-bond donors (Lipinski definition) is 0. The van der Waals surface area contributed by atoms with Gasteiger partial charge >= 0.3 is 11.0 Å². The SMILES string of the molecule is CCOC(=O)c1cc(F)c(F)c(OC(F)(F)Br)c1F. The third-order valence-corrected chi connectivity index (χ3v) is 1.99. The summed E-state index contributed by atoms with van der Waals surface area (Å²) in [5, 5.41) is -4.13. The van der Waals surface area contributed by atoms with Crippen LogP contribution in [-0.2, 0) is 4.74 Å². The summed E-state index contributed by atoms with van der Waals surface area (Å²) in [6.45, 7) is 1.22. The zero-order chi connectivity index (χ0) is 14.8. The molecule has 0 aromatic heterocycles. The van der Waals surface area contributed by atoms with Crippen molar-refractivity contribution in [3.63, 3.8) is 0 Å². The van der Waals surface area contributed by atoms with Crippen LogP contribution in [0.1, 0.15) is 17.3 Å². The first-order chi connectivity index (χ1) is 8.67. The van der Waals surface area contributed by atoms with E-state index in [4.69, 9.17) is 0 Å². The predicted octanol–water partition coefficient (Wildman–Crippen LogP) is 3.60. The minimum atomic E-state index is -4.13. The lowest BCUT2D eigenvalue weighted by Crippen LogP contribution is -2.19. The van der Waals surface area contributed by atoms with Gasteiger partial charge in [0.1, 0.15) is 5.56 Å². The molecule has 1 aromatic rings. The van der Waals surface area contributed by atoms with Gasteiger partial charge in [0.2, 0.25) is 11.6 Å². The Bertz CT molecular complexity index is 501. The van der Waals surface area contributed by atoms with Gasteiger partial charge in [-0.3, -0.25) is 0 Å². The number of benzene rings is 1. The first-order valence-electron chi connectivity index (χ1n) is 4.77. The summed E-state index contributed by atoms with van der Waals surface area (Å²) in [6.07, 6.45) is 0. The molecule has 0 saturated carbocycles. The second-order valence-corrected chi connectivity index (χ2v) is 4.05. The van der Waals surface area contributed by atoms with Crippen molar-refractivity contribution in [2.45, 2.75) is 11.9 Å². The largest absolute Gasteiger partial charge is 0.462 e. The van der Waals surface area contributed by atoms with Crippen LogP contribution in [0.5, 0.6) is 5.75 Å². The maximum Gasteiger partial charge on any atom is 0.459 e. The average Bonchev–Trinajstić information content (AvgIpc) is 2.28. The summed E-state index contributed by atoms with van der Waals surface area (Å²) in [6, 6.07) is 0.196. The number of carbonyl (C=O) groups is 1. The van der Waals surface area contributed by atoms with Crippen LogP contribution in [-0.4, -0.2) is 17.6 Å². The number of esters is 1. The summed E-state index contributed by atoms with van der Waals surface area (Å²) in [4.78, 5) is 11.2. The number of halogens is 6. The van der Waals surface area contributed by atoms with E-state index >= 15 is 0 Å². The standard InChI is InChI=1S/C10H6BrF5O3/c1-2-18-9(17)4-3-5(12)7(14)8(6(4)13)19-10(11,15)16/h3H,2H2,1H3. The van der Waals surface area contributed by atoms with Crippen molar-refractivity contribution >= 4 is 21.9 Å². The molecule has 0 radical (unpaired) electrons. The van der Waals surface area contributed by atoms with Gasteiger partial charge in [-0.15, -0.1) is 0 Å². The summed E-state index contributed by atoms with van der Waals surface area (Å²) >= 11 is 1.67. The summed E-state index contributed by atoms with van der Waals surface area (Å²) in [5.74, 6) is -8.54. The van der Waals surface area contributed by atoms with Gasteiger partial charge < -0.3 is 9.47 Å². The van der Waals surface area contributed by atoms with Crippen molar-refractivity contribution in [1.82, 2.24) is 0 Å². The third kappa shape index (κ3) is 3.79. The van der Waals surface area contributed by atoms with Crippen molar-refractivity contribution < 1.29 is 36.2 Å². The first-order valence-corrected chi connectivity index (χ1v) is 5.57. The number of alkyl halides is 3. The van der Waals surface area contributed by atoms with Crippen molar-refractivity contribution in [3.8, 4) is 5.75 Å². The van der Waals surface area contributed by atoms with E-state index in [0.29, 0.717) is 0 Å². The Hall–Kier alpha value is -1.38. The molecule has 0 amide bonds. The average molecular weight is 349 g/mol. The van der Waals surface area contributed by atoms with Gasteiger partial charge in [0.25, 0.3) is 0 Å². The summed E-state index contributed by atoms with van der Waals surface area (Å²) < 4.78 is 72.9. The molecule has 0 N–H and O–H groups in total. The lowest BCUT2D eigenvalue weighted by molar-refractivity contribution is -0.0850. The first kappa shape index (κ1) is 15.7. The summed E-state index contributed by atoms with van der Waals surface area (Å²) in [5.41, 5.74) is -1.05. The second-order valence-electron chi connectivity index (χ2n) is 3.13. The van der Waals surface area contributed by atoms with Gasteiger partial charge in [0.05, 0.1) is 6.61 Å². The van der Waals surface area contributed by atoms with Crippen LogP contribution in [0.4, 0.5) is 22.0 Å². The molecule has 0 bridgehead atoms. The fraction of sp³-hybridized carbons (Fsp3) is 0.300. The predicted molar refractivity (Wildman–Crippen MR) is 56.8 cm³/mol. The Morgan fingerprint density at radius 1 is 1.32 bits per heavy atom. The van der Waals surface area contributed by atoms with Crippen LogP contribution in [0.15, 0.2) is 6.07 Å². The molecule has 0 atom stereocenters. The highest BCUT2D eigenvalue weighted by molar-refractivity contribution is 9.09. The zero-order valence-corrected chi connectivity index (χ0v) is 10.9. The highest BCUT2D eigenvalue weighted by Crippen LogP contribution is 2.34. The zero-order valence-electron chi connectivity index (χ0n) is 9.28. The van der Waals surface area contributed by atoms with Crippen LogP contribution in [0.25, 0.3) is 0 Å². The van der Waals surface area contributed by atoms with Crippen molar-refractivity contribution in [1.29, 1.82) is 0 Å². The van der Waals surface area contributed by atoms with Gasteiger partial charge in [-0.05, 0) is 13.0 Å². The lowest BCUT2D eigenvalue weighted by Gasteiger charge is -2.14. The van der Waals surface area contributed by atoms with Crippen LogP contribution in [0, 0.1) is 17.5 Å². The fourth-order valence-corrected chi connectivity index (χ4v) is 1.31. The Morgan fingerprint density at radius 3 is 2.37 bits per heavy atom. The molecule has 19 heavy (non-hydrogen) atoms. The van der Waals surface area contributed by atoms with Gasteiger partial charge in [-0.2, -0.15) is 13.2 Å². The van der Waals surface area contributed by atoms with E-state index in [0.717, 1.165) is 0 Å². The molecule has 0 unspecified atom stereocenters. The number of ether oxygens (including phenoxy) is 2. The second kappa shape index (κ2) is 5.72. The summed E-state index contributed by atoms with van der Waals surface area (Å²) in [7, 11) is 0. The van der Waals surface area contributed by atoms with E-state index in [-0.39, 0.29) is 12.7 Å². The number of hydrogen-bond acceptors (Lipinski definition) is 3. The van der Waals surface area contributed by atoms with E-state index in [9.17, 15) is 26.7 Å². The Morgan fingerprint density at radius 2 is 1.89 bits per heavy atom. The van der Waals surface area contributed by atoms with Crippen molar-refractivity contribution in [2.24, 2.45) is 0 Å². The molecule has 106 valence electrons. The normalized spacial score (nSPS) is 11.3. The minimum Gasteiger partial charge on any atom is -0.462 e. The Kier molecular flexibility index (Phi) is 4.72. The molecular weight excluding hydrogens is 343 g/mol. The van der Waals surface area contributed by atoms with Gasteiger partial charge in [0.15, 0.2) is 11.6 Å². The maximum atomic E-state index is 13.6. The quantitative estimate of drug-likeness (QED) is 0.361. The molecule has 0 aliphatic heterocycles. The molecule has 0 fully saturated rings. The Balaban J connectivity index is 3.34. The van der Waals surface area contributed by atoms with Crippen LogP contribution in [0.2, 0.25) is 0 Å². The lowest BCUT2D eigenvalue weighted by atomic mass is 10.2. The minimum absolute atomic E-state index is 0.165. The Labute approximate surface area is 112 Å². The fourth-order valence-electron chi connectivity index (χ4n) is 1.14. The molecule has 0 spiro atoms. The monoisotopic (exact) mass is 348 g/mol. The molecule has 0 aliphatic rings. The topological polar surface area (TPSA) is 35.5 Å². The van der Waals surface area contributed by atoms with E-state index in [2.05, 4.69) is 9.47 Å². The van der Waals surface area contributed by atoms with Gasteiger partial charge in [-0.1, -0.05) is 0 Å². The van der Waals surface area contributed by atoms with Gasteiger partial charge in [0, 0.05) is 15.9 Å². The molecule has 3 nitrogen and oxygen atoms in total. The highest BCUT2D eigenvalue weighted by Gasteiger charge is 2.33. The molecule has 1 rings (SSSR count). The van der Waals surface area contributed by atoms with E-state index < -0.39 is 39.8 Å². The highest BCUT2D eigenvalue weighted by atomic mass is 79.9. The van der Waals surface area contributed by atoms with E-state index in [1.165, 1.54) is 6.92 Å². The van der Waals surface area contributed by atoms with Crippen LogP contribution < -0.4 is 4.74 Å². The van der Waals surface area contributed by atoms with Crippen molar-refractivity contribution in [2.75, 3.05) is 6.61 Å². The smallest absolute Gasteiger partial charge is 0.459 e. The molecule has 0 heterocycles. The number of rotatable bonds is 4. The third-order valence-electron chi connectivity index (χ3n) is 1.83. The number of carbonyl (C=O) groups excluding carboxylic acids is 1. The maximum absolute atomic E-state index is 13.6.